The molecular formula is C82H106BrI2N4O24+. The minimum atomic E-state index is -1.06. The van der Waals surface area contributed by atoms with Crippen molar-refractivity contribution < 1.29 is 115 Å². The Kier molecular flexibility index (Phi) is 41.0. The van der Waals surface area contributed by atoms with E-state index in [4.69, 9.17) is 59.0 Å². The van der Waals surface area contributed by atoms with Crippen LogP contribution in [0.25, 0.3) is 0 Å². The number of rotatable bonds is 20. The Morgan fingerprint density at radius 1 is 0.504 bits per heavy atom. The fourth-order valence-corrected chi connectivity index (χ4v) is 10.5. The number of hydroxylamine groups is 5. The lowest BCUT2D eigenvalue weighted by Crippen LogP contribution is -2.38. The number of carboxylic acids is 1. The molecule has 0 aromatic heterocycles. The lowest BCUT2D eigenvalue weighted by atomic mass is 10.1. The first-order chi connectivity index (χ1) is 53.1. The topological polar surface area (TPSA) is 366 Å². The van der Waals surface area contributed by atoms with Crippen LogP contribution in [0.15, 0.2) is 121 Å². The zero-order valence-corrected chi connectivity index (χ0v) is 72.2. The van der Waals surface area contributed by atoms with Gasteiger partial charge >= 0.3 is 42.3 Å². The number of para-hydroxylation sites is 1. The highest BCUT2D eigenvalue weighted by Crippen LogP contribution is 2.34. The van der Waals surface area contributed by atoms with Crippen LogP contribution in [0.3, 0.4) is 0 Å². The second-order valence-corrected chi connectivity index (χ2v) is 33.0. The highest BCUT2D eigenvalue weighted by atomic mass is 127. The van der Waals surface area contributed by atoms with Gasteiger partial charge < -0.3 is 47.8 Å². The molecule has 2 aliphatic heterocycles. The Bertz CT molecular complexity index is 3870. The number of carbonyl (C=O) groups is 11. The van der Waals surface area contributed by atoms with Gasteiger partial charge in [0.05, 0.1) is 84.3 Å². The Hall–Kier alpha value is -8.16. The minimum absolute atomic E-state index is 0.0510. The number of ether oxygens (including phenoxy) is 8. The van der Waals surface area contributed by atoms with Crippen LogP contribution >= 0.6 is 61.1 Å². The molecule has 5 aliphatic carbocycles. The molecule has 0 bridgehead atoms. The van der Waals surface area contributed by atoms with Crippen LogP contribution in [0.4, 0.5) is 20.1 Å². The number of esters is 3. The Morgan fingerprint density at radius 2 is 0.876 bits per heavy atom. The quantitative estimate of drug-likeness (QED) is 0.00750. The number of fused-ring (bicyclic) bond motifs is 2. The maximum absolute atomic E-state index is 12.6. The van der Waals surface area contributed by atoms with E-state index in [-0.39, 0.29) is 58.7 Å². The van der Waals surface area contributed by atoms with Crippen molar-refractivity contribution in [1.82, 2.24) is 10.1 Å². The van der Waals surface area contributed by atoms with Crippen LogP contribution in [0.2, 0.25) is 0 Å². The van der Waals surface area contributed by atoms with Crippen molar-refractivity contribution in [3.63, 3.8) is 0 Å². The van der Waals surface area contributed by atoms with E-state index in [1.165, 1.54) is 56.0 Å². The van der Waals surface area contributed by atoms with Gasteiger partial charge in [-0.05, 0) is 276 Å². The van der Waals surface area contributed by atoms with E-state index >= 15 is 0 Å². The van der Waals surface area contributed by atoms with E-state index in [0.29, 0.717) is 72.1 Å². The molecule has 0 unspecified atom stereocenters. The first-order valence-electron chi connectivity index (χ1n) is 36.9. The molecule has 28 nitrogen and oxygen atoms in total. The summed E-state index contributed by atoms with van der Waals surface area (Å²) in [7, 11) is 0. The number of halogens is 3. The maximum atomic E-state index is 12.6. The van der Waals surface area contributed by atoms with Gasteiger partial charge in [-0.2, -0.15) is 5.06 Å². The molecule has 0 atom stereocenters. The van der Waals surface area contributed by atoms with E-state index in [0.717, 1.165) is 61.4 Å². The highest BCUT2D eigenvalue weighted by molar-refractivity contribution is 14.1. The summed E-state index contributed by atoms with van der Waals surface area (Å²) in [6.07, 6.45) is 9.68. The van der Waals surface area contributed by atoms with Gasteiger partial charge in [0, 0.05) is 26.3 Å². The van der Waals surface area contributed by atoms with Crippen molar-refractivity contribution in [2.24, 2.45) is 35.5 Å². The van der Waals surface area contributed by atoms with Crippen molar-refractivity contribution in [2.45, 2.75) is 177 Å². The van der Waals surface area contributed by atoms with E-state index in [2.05, 4.69) is 55.0 Å². The summed E-state index contributed by atoms with van der Waals surface area (Å²) in [5.74, 6) is 4.31. The van der Waals surface area contributed by atoms with E-state index in [1.807, 2.05) is 46.9 Å². The molecule has 31 heteroatoms. The molecule has 0 spiro atoms. The zero-order chi connectivity index (χ0) is 84.4. The molecule has 618 valence electrons. The summed E-state index contributed by atoms with van der Waals surface area (Å²) in [4.78, 5) is 141. The van der Waals surface area contributed by atoms with Crippen LogP contribution in [0, 0.1) is 43.7 Å². The summed E-state index contributed by atoms with van der Waals surface area (Å²) in [5, 5.41) is 20.8. The molecule has 5 aromatic rings. The number of anilines is 1. The SMILES string of the molecule is BrCC1CC1.CC(C)(C)OC(=O)OC(=O)OC(C)(C)C.CCOC(=O)c1ccccc1I.CCOC(=O)c1ccccc1N(OCC1CC1)C(=O)OC(C)(C)C.NOCC1CC1.O=C(O)c1ccccc1I.O=C1c2ccccc2C(=O)N1O.O=C1c2ccccc2C(=O)N1OCC1CC1.[CH2+]C(C)(C)OC(=O)COCC1CC1. The van der Waals surface area contributed by atoms with Gasteiger partial charge in [0.2, 0.25) is 5.60 Å². The standard InChI is InChI=1S/C18H25NO5.C12H11NO3.C10H18O5.C10H17O3.C9H9IO2.C8H5NO3.C7H5IO2.C4H7Br.C4H9NO/c1-5-22-16(20)14-8-6-7-9-15(14)19(23-12-13-10-11-13)17(21)24-18(2,3)4;14-11-9-3-1-2-4-10(9)12(15)13(11)16-7-8-5-6-8;1-9(2,3)14-7(11)13-8(12)15-10(4,5)6;1-10(2,3)13-9(11)7-12-6-8-4-5-8;1-2-12-9(11)7-5-3-4-6-8(7)10;10-7-5-3-1-2-4-6(5)8(11)9(7)12;8-6-4-2-1-3-5(6)7(9)10;5-3-4-1-2-4;5-6-3-4-1-2-4/h6-9,13H,5,10-12H2,1-4H3;1-4,8H,5-7H2;1-6H3;8H,1,4-7H2,2-3H3;3-6H,2H2,1H3;1-4,12H;1-4H,(H,9,10);4H,1-3H2;4H,1-3,5H2/q;;;+1;;;;;. The number of aromatic carboxylic acids is 1. The van der Waals surface area contributed by atoms with Crippen LogP contribution in [0.5, 0.6) is 0 Å². The van der Waals surface area contributed by atoms with Crippen LogP contribution in [0.1, 0.15) is 227 Å². The molecule has 5 amide bonds. The monoisotopic (exact) mass is 1860 g/mol. The number of nitrogens with zero attached hydrogens (tertiary/aromatic N) is 3. The molecule has 0 saturated heterocycles. The maximum Gasteiger partial charge on any atom is 0.519 e. The number of amides is 5. The molecule has 2 heterocycles. The van der Waals surface area contributed by atoms with E-state index in [9.17, 15) is 52.7 Å². The van der Waals surface area contributed by atoms with Crippen molar-refractivity contribution in [3.05, 3.63) is 174 Å². The van der Waals surface area contributed by atoms with Gasteiger partial charge in [-0.3, -0.25) is 34.1 Å². The first kappa shape index (κ1) is 97.2. The molecule has 113 heavy (non-hydrogen) atoms. The zero-order valence-electron chi connectivity index (χ0n) is 66.3. The van der Waals surface area contributed by atoms with Crippen molar-refractivity contribution >= 4 is 133 Å². The summed E-state index contributed by atoms with van der Waals surface area (Å²) >= 11 is 7.49. The van der Waals surface area contributed by atoms with Crippen LogP contribution < -0.4 is 11.0 Å². The lowest BCUT2D eigenvalue weighted by Gasteiger charge is -2.27. The smallest absolute Gasteiger partial charge is 0.478 e. The Balaban J connectivity index is 0.000000275. The Morgan fingerprint density at radius 3 is 1.24 bits per heavy atom. The molecule has 12 rings (SSSR count). The predicted octanol–water partition coefficient (Wildman–Crippen LogP) is 17.2. The normalized spacial score (nSPS) is 14.9. The van der Waals surface area contributed by atoms with Crippen LogP contribution in [-0.4, -0.2) is 160 Å². The van der Waals surface area contributed by atoms with Crippen LogP contribution in [-0.2, 0) is 57.2 Å². The number of carbonyl (C=O) groups excluding carboxylic acids is 10. The molecule has 5 fully saturated rings. The van der Waals surface area contributed by atoms with Gasteiger partial charge in [-0.25, -0.2) is 39.5 Å². The third kappa shape index (κ3) is 39.6. The van der Waals surface area contributed by atoms with Gasteiger partial charge in [-0.15, -0.1) is 10.1 Å². The van der Waals surface area contributed by atoms with E-state index in [1.54, 1.807) is 175 Å². The molecular weight excluding hydrogens is 1760 g/mol. The lowest BCUT2D eigenvalue weighted by molar-refractivity contribution is -0.158. The fraction of sp³-hybridized carbons (Fsp3) is 0.488. The summed E-state index contributed by atoms with van der Waals surface area (Å²) in [6, 6.07) is 34.0. The van der Waals surface area contributed by atoms with Crippen molar-refractivity contribution in [3.8, 4) is 0 Å². The fourth-order valence-electron chi connectivity index (χ4n) is 8.65. The van der Waals surface area contributed by atoms with Gasteiger partial charge in [-0.1, -0.05) is 76.6 Å². The number of carboxylic acid groups (broad SMARTS) is 1. The summed E-state index contributed by atoms with van der Waals surface area (Å²) in [6.45, 7) is 29.1. The average Bonchev–Trinajstić information content (AvgIpc) is 1.49. The number of alkyl halides is 1. The van der Waals surface area contributed by atoms with Gasteiger partial charge in [0.15, 0.2) is 0 Å². The first-order valence-corrected chi connectivity index (χ1v) is 40.1. The predicted molar refractivity (Wildman–Crippen MR) is 437 cm³/mol. The third-order valence-electron chi connectivity index (χ3n) is 15.0. The molecule has 5 aromatic carbocycles. The largest absolute Gasteiger partial charge is 0.519 e. The van der Waals surface area contributed by atoms with Gasteiger partial charge in [0.1, 0.15) is 30.3 Å². The molecule has 7 aliphatic rings. The van der Waals surface area contributed by atoms with Gasteiger partial charge in [0.25, 0.3) is 23.6 Å². The summed E-state index contributed by atoms with van der Waals surface area (Å²) in [5.41, 5.74) is 0.256. The highest BCUT2D eigenvalue weighted by Gasteiger charge is 2.39. The second kappa shape index (κ2) is 47.6. The minimum Gasteiger partial charge on any atom is -0.478 e. The third-order valence-corrected chi connectivity index (χ3v) is 17.8. The molecule has 0 radical (unpaired) electrons. The Labute approximate surface area is 696 Å². The van der Waals surface area contributed by atoms with Crippen molar-refractivity contribution in [1.29, 1.82) is 0 Å². The van der Waals surface area contributed by atoms with Crippen molar-refractivity contribution in [2.75, 3.05) is 56.6 Å². The average molecular weight is 1870 g/mol. The van der Waals surface area contributed by atoms with E-state index < -0.39 is 64.6 Å². The molecule has 5 saturated carbocycles. The number of nitrogens with two attached hydrogens (primary N) is 1. The number of imide groups is 2. The number of hydrogen-bond donors (Lipinski definition) is 3. The second-order valence-electron chi connectivity index (χ2n) is 30.0. The summed E-state index contributed by atoms with van der Waals surface area (Å²) < 4.78 is 41.0. The molecule has 4 N–H and O–H groups in total. The number of benzene rings is 5. The number of hydrogen-bond acceptors (Lipinski definition) is 24.